The van der Waals surface area contributed by atoms with Gasteiger partial charge >= 0.3 is 5.97 Å². The Morgan fingerprint density at radius 2 is 2.11 bits per heavy atom. The standard InChI is InChI=1S/C13H16BrNO3/c1-3-4-11(13(17)18)15-12(16)9-5-6-10(14)8(2)7-9/h5-7,11H,3-4H2,1-2H3,(H,15,16)(H,17,18). The molecule has 2 N–H and O–H groups in total. The first-order valence-corrected chi connectivity index (χ1v) is 6.54. The van der Waals surface area contributed by atoms with Gasteiger partial charge in [-0.05, 0) is 37.1 Å². The first kappa shape index (κ1) is 14.7. The minimum Gasteiger partial charge on any atom is -0.480 e. The van der Waals surface area contributed by atoms with E-state index in [1.54, 1.807) is 18.2 Å². The number of halogens is 1. The quantitative estimate of drug-likeness (QED) is 0.878. The molecule has 0 radical (unpaired) electrons. The van der Waals surface area contributed by atoms with Crippen LogP contribution in [-0.4, -0.2) is 23.0 Å². The zero-order chi connectivity index (χ0) is 13.7. The Kier molecular flexibility index (Phi) is 5.34. The molecule has 1 atom stereocenters. The third kappa shape index (κ3) is 3.84. The molecule has 1 rings (SSSR count). The van der Waals surface area contributed by atoms with E-state index in [2.05, 4.69) is 21.2 Å². The van der Waals surface area contributed by atoms with E-state index in [9.17, 15) is 9.59 Å². The Bertz CT molecular complexity index is 460. The molecule has 0 aromatic heterocycles. The second-order valence-corrected chi connectivity index (χ2v) is 4.97. The van der Waals surface area contributed by atoms with Gasteiger partial charge in [0.25, 0.3) is 5.91 Å². The number of hydrogen-bond acceptors (Lipinski definition) is 2. The van der Waals surface area contributed by atoms with Crippen molar-refractivity contribution in [2.75, 3.05) is 0 Å². The lowest BCUT2D eigenvalue weighted by molar-refractivity contribution is -0.139. The van der Waals surface area contributed by atoms with E-state index in [1.165, 1.54) is 0 Å². The van der Waals surface area contributed by atoms with Crippen molar-refractivity contribution in [1.82, 2.24) is 5.32 Å². The Hall–Kier alpha value is -1.36. The summed E-state index contributed by atoms with van der Waals surface area (Å²) in [6.07, 6.45) is 1.13. The van der Waals surface area contributed by atoms with Gasteiger partial charge in [0.2, 0.25) is 0 Å². The molecular weight excluding hydrogens is 298 g/mol. The highest BCUT2D eigenvalue weighted by Crippen LogP contribution is 2.17. The van der Waals surface area contributed by atoms with Crippen molar-refractivity contribution < 1.29 is 14.7 Å². The van der Waals surface area contributed by atoms with Crippen molar-refractivity contribution in [3.8, 4) is 0 Å². The topological polar surface area (TPSA) is 66.4 Å². The molecule has 0 heterocycles. The Labute approximate surface area is 115 Å². The summed E-state index contributed by atoms with van der Waals surface area (Å²) in [5.41, 5.74) is 1.41. The van der Waals surface area contributed by atoms with Gasteiger partial charge in [-0.25, -0.2) is 4.79 Å². The summed E-state index contributed by atoms with van der Waals surface area (Å²) in [4.78, 5) is 22.9. The van der Waals surface area contributed by atoms with E-state index in [4.69, 9.17) is 5.11 Å². The maximum absolute atomic E-state index is 11.9. The molecule has 1 unspecified atom stereocenters. The van der Waals surface area contributed by atoms with E-state index < -0.39 is 12.0 Å². The maximum Gasteiger partial charge on any atom is 0.326 e. The molecule has 5 heteroatoms. The smallest absolute Gasteiger partial charge is 0.326 e. The van der Waals surface area contributed by atoms with Gasteiger partial charge in [-0.1, -0.05) is 29.3 Å². The average Bonchev–Trinajstić information content (AvgIpc) is 2.31. The van der Waals surface area contributed by atoms with Gasteiger partial charge in [0.05, 0.1) is 0 Å². The molecule has 4 nitrogen and oxygen atoms in total. The second kappa shape index (κ2) is 6.54. The lowest BCUT2D eigenvalue weighted by Crippen LogP contribution is -2.40. The molecule has 0 bridgehead atoms. The number of nitrogens with one attached hydrogen (secondary N) is 1. The third-order valence-corrected chi connectivity index (χ3v) is 3.49. The molecule has 0 aliphatic rings. The summed E-state index contributed by atoms with van der Waals surface area (Å²) >= 11 is 3.35. The minimum atomic E-state index is -1.00. The van der Waals surface area contributed by atoms with Crippen LogP contribution in [0.4, 0.5) is 0 Å². The number of hydrogen-bond donors (Lipinski definition) is 2. The largest absolute Gasteiger partial charge is 0.480 e. The maximum atomic E-state index is 11.9. The Morgan fingerprint density at radius 3 is 2.61 bits per heavy atom. The fourth-order valence-corrected chi connectivity index (χ4v) is 1.82. The molecule has 98 valence electrons. The lowest BCUT2D eigenvalue weighted by Gasteiger charge is -2.13. The number of amides is 1. The molecule has 0 fully saturated rings. The SMILES string of the molecule is CCCC(NC(=O)c1ccc(Br)c(C)c1)C(=O)O. The van der Waals surface area contributed by atoms with Crippen LogP contribution >= 0.6 is 15.9 Å². The van der Waals surface area contributed by atoms with Crippen molar-refractivity contribution >= 4 is 27.8 Å². The molecule has 1 aromatic carbocycles. The number of carboxylic acid groups (broad SMARTS) is 1. The summed E-state index contributed by atoms with van der Waals surface area (Å²) in [5.74, 6) is -1.36. The van der Waals surface area contributed by atoms with E-state index in [-0.39, 0.29) is 5.91 Å². The number of carboxylic acids is 1. The van der Waals surface area contributed by atoms with Gasteiger partial charge in [0.1, 0.15) is 6.04 Å². The summed E-state index contributed by atoms with van der Waals surface area (Å²) in [6.45, 7) is 3.76. The molecule has 0 aliphatic carbocycles. The monoisotopic (exact) mass is 313 g/mol. The van der Waals surface area contributed by atoms with Crippen molar-refractivity contribution in [2.45, 2.75) is 32.7 Å². The Morgan fingerprint density at radius 1 is 1.44 bits per heavy atom. The number of carbonyl (C=O) groups excluding carboxylic acids is 1. The van der Waals surface area contributed by atoms with Crippen LogP contribution in [0.2, 0.25) is 0 Å². The predicted octanol–water partition coefficient (Wildman–Crippen LogP) is 2.74. The van der Waals surface area contributed by atoms with E-state index in [1.807, 2.05) is 13.8 Å². The van der Waals surface area contributed by atoms with Gasteiger partial charge in [0.15, 0.2) is 0 Å². The van der Waals surface area contributed by atoms with Crippen molar-refractivity contribution in [2.24, 2.45) is 0 Å². The second-order valence-electron chi connectivity index (χ2n) is 4.12. The minimum absolute atomic E-state index is 0.355. The molecule has 0 aliphatic heterocycles. The van der Waals surface area contributed by atoms with Gasteiger partial charge in [0, 0.05) is 10.0 Å². The first-order chi connectivity index (χ1) is 8.45. The fraction of sp³-hybridized carbons (Fsp3) is 0.385. The van der Waals surface area contributed by atoms with Crippen LogP contribution in [-0.2, 0) is 4.79 Å². The number of aryl methyl sites for hydroxylation is 1. The van der Waals surface area contributed by atoms with Gasteiger partial charge < -0.3 is 10.4 Å². The number of rotatable bonds is 5. The van der Waals surface area contributed by atoms with Crippen LogP contribution in [0.1, 0.15) is 35.7 Å². The molecule has 0 saturated heterocycles. The normalized spacial score (nSPS) is 11.9. The average molecular weight is 314 g/mol. The van der Waals surface area contributed by atoms with Crippen LogP contribution in [0.5, 0.6) is 0 Å². The molecular formula is C13H16BrNO3. The van der Waals surface area contributed by atoms with Crippen LogP contribution in [0.3, 0.4) is 0 Å². The fourth-order valence-electron chi connectivity index (χ4n) is 1.57. The van der Waals surface area contributed by atoms with Crippen molar-refractivity contribution in [3.05, 3.63) is 33.8 Å². The van der Waals surface area contributed by atoms with E-state index in [0.29, 0.717) is 18.4 Å². The Balaban J connectivity index is 2.80. The number of aliphatic carboxylic acids is 1. The van der Waals surface area contributed by atoms with E-state index in [0.717, 1.165) is 10.0 Å². The number of benzene rings is 1. The zero-order valence-electron chi connectivity index (χ0n) is 10.4. The highest BCUT2D eigenvalue weighted by Gasteiger charge is 2.19. The molecule has 0 saturated carbocycles. The van der Waals surface area contributed by atoms with Gasteiger partial charge in [-0.3, -0.25) is 4.79 Å². The zero-order valence-corrected chi connectivity index (χ0v) is 12.0. The van der Waals surface area contributed by atoms with Gasteiger partial charge in [-0.15, -0.1) is 0 Å². The van der Waals surface area contributed by atoms with Crippen molar-refractivity contribution in [1.29, 1.82) is 0 Å². The van der Waals surface area contributed by atoms with Crippen molar-refractivity contribution in [3.63, 3.8) is 0 Å². The predicted molar refractivity (Wildman–Crippen MR) is 72.7 cm³/mol. The summed E-state index contributed by atoms with van der Waals surface area (Å²) in [6, 6.07) is 4.34. The highest BCUT2D eigenvalue weighted by molar-refractivity contribution is 9.10. The van der Waals surface area contributed by atoms with Crippen LogP contribution < -0.4 is 5.32 Å². The molecule has 18 heavy (non-hydrogen) atoms. The molecule has 1 amide bonds. The van der Waals surface area contributed by atoms with E-state index >= 15 is 0 Å². The summed E-state index contributed by atoms with van der Waals surface area (Å²) < 4.78 is 0.919. The third-order valence-electron chi connectivity index (χ3n) is 2.60. The molecule has 1 aromatic rings. The first-order valence-electron chi connectivity index (χ1n) is 5.75. The van der Waals surface area contributed by atoms with Crippen LogP contribution in [0.25, 0.3) is 0 Å². The summed E-state index contributed by atoms with van der Waals surface area (Å²) in [7, 11) is 0. The highest BCUT2D eigenvalue weighted by atomic mass is 79.9. The summed E-state index contributed by atoms with van der Waals surface area (Å²) in [5, 5.41) is 11.5. The van der Waals surface area contributed by atoms with Crippen LogP contribution in [0, 0.1) is 6.92 Å². The molecule has 0 spiro atoms. The van der Waals surface area contributed by atoms with Gasteiger partial charge in [-0.2, -0.15) is 0 Å². The lowest BCUT2D eigenvalue weighted by atomic mass is 10.1. The van der Waals surface area contributed by atoms with Crippen LogP contribution in [0.15, 0.2) is 22.7 Å². The number of carbonyl (C=O) groups is 2.